The number of Topliss-reactive ketones (excluding diaryl/α,β-unsaturated/α-hetero) is 1. The summed E-state index contributed by atoms with van der Waals surface area (Å²) in [6, 6.07) is 12.9. The van der Waals surface area contributed by atoms with Gasteiger partial charge in [-0.2, -0.15) is 0 Å². The summed E-state index contributed by atoms with van der Waals surface area (Å²) in [5.41, 5.74) is 8.06. The van der Waals surface area contributed by atoms with Gasteiger partial charge in [-0.1, -0.05) is 56.7 Å². The molecule has 38 heavy (non-hydrogen) atoms. The molecule has 1 unspecified atom stereocenters. The number of carbonyl (C=O) groups is 2. The SMILES string of the molecule is C[C@@H]1C[C@@H]2C(=C3C1=CC(=O)CC3c1ccc(-c3cccnc3)cc1)CC[C@@]1(C)[C@H]2C[C@@H](C)[C@@H]1C(=O)C1CC1. The first-order chi connectivity index (χ1) is 18.3. The standard InChI is InChI=1S/C35H39NO2/c1-20-15-30-27(12-13-35(3)31(30)16-21(2)33(35)34(38)24-10-11-24)32-28(20)17-26(37)18-29(32)23-8-6-22(7-9-23)25-5-4-14-36-19-25/h4-9,14,17,19-21,24,29-31,33H,10-13,15-16,18H2,1-3H3/t20-,21-,29?,30-,31+,33-,35+/m1/s1. The second-order valence-corrected chi connectivity index (χ2v) is 13.3. The number of fused-ring (bicyclic) bond motifs is 4. The minimum absolute atomic E-state index is 0.125. The van der Waals surface area contributed by atoms with Crippen LogP contribution in [-0.4, -0.2) is 16.6 Å². The van der Waals surface area contributed by atoms with Crippen molar-refractivity contribution in [2.24, 2.45) is 40.9 Å². The highest BCUT2D eigenvalue weighted by atomic mass is 16.1. The van der Waals surface area contributed by atoms with E-state index >= 15 is 0 Å². The maximum atomic E-state index is 13.5. The average molecular weight is 506 g/mol. The molecule has 196 valence electrons. The summed E-state index contributed by atoms with van der Waals surface area (Å²) >= 11 is 0. The van der Waals surface area contributed by atoms with Crippen LogP contribution in [0.25, 0.3) is 11.1 Å². The van der Waals surface area contributed by atoms with Crippen molar-refractivity contribution in [3.63, 3.8) is 0 Å². The van der Waals surface area contributed by atoms with E-state index in [2.05, 4.69) is 56.1 Å². The quantitative estimate of drug-likeness (QED) is 0.427. The lowest BCUT2D eigenvalue weighted by Gasteiger charge is -2.51. The van der Waals surface area contributed by atoms with Crippen molar-refractivity contribution in [3.05, 3.63) is 77.2 Å². The molecule has 0 amide bonds. The molecular weight excluding hydrogens is 466 g/mol. The Morgan fingerprint density at radius 3 is 2.53 bits per heavy atom. The maximum Gasteiger partial charge on any atom is 0.156 e. The largest absolute Gasteiger partial charge is 0.299 e. The second-order valence-electron chi connectivity index (χ2n) is 13.3. The first-order valence-electron chi connectivity index (χ1n) is 14.9. The molecule has 1 aromatic carbocycles. The van der Waals surface area contributed by atoms with Gasteiger partial charge in [0.2, 0.25) is 0 Å². The first-order valence-corrected chi connectivity index (χ1v) is 14.9. The van der Waals surface area contributed by atoms with Crippen LogP contribution in [0.1, 0.15) is 77.2 Å². The molecule has 3 nitrogen and oxygen atoms in total. The molecule has 7 atom stereocenters. The highest BCUT2D eigenvalue weighted by Crippen LogP contribution is 2.66. The highest BCUT2D eigenvalue weighted by molar-refractivity contribution is 5.94. The average Bonchev–Trinajstić information content (AvgIpc) is 3.73. The van der Waals surface area contributed by atoms with Crippen LogP contribution in [0.5, 0.6) is 0 Å². The third kappa shape index (κ3) is 3.72. The zero-order valence-electron chi connectivity index (χ0n) is 23.0. The molecule has 0 aliphatic heterocycles. The molecule has 0 bridgehead atoms. The zero-order valence-corrected chi connectivity index (χ0v) is 23.0. The Kier molecular flexibility index (Phi) is 5.65. The van der Waals surface area contributed by atoms with Crippen molar-refractivity contribution in [3.8, 4) is 11.1 Å². The van der Waals surface area contributed by atoms with Crippen molar-refractivity contribution in [1.82, 2.24) is 4.98 Å². The van der Waals surface area contributed by atoms with E-state index < -0.39 is 0 Å². The van der Waals surface area contributed by atoms with E-state index in [-0.39, 0.29) is 23.0 Å². The monoisotopic (exact) mass is 505 g/mol. The smallest absolute Gasteiger partial charge is 0.156 e. The van der Waals surface area contributed by atoms with Crippen LogP contribution in [0.4, 0.5) is 0 Å². The van der Waals surface area contributed by atoms with Crippen LogP contribution in [-0.2, 0) is 9.59 Å². The molecule has 0 radical (unpaired) electrons. The molecule has 3 fully saturated rings. The Balaban J connectivity index is 1.27. The summed E-state index contributed by atoms with van der Waals surface area (Å²) in [5, 5.41) is 0. The summed E-state index contributed by atoms with van der Waals surface area (Å²) in [6.07, 6.45) is 13.0. The summed E-state index contributed by atoms with van der Waals surface area (Å²) in [5.74, 6) is 3.56. The normalized spacial score (nSPS) is 36.3. The lowest BCUT2D eigenvalue weighted by molar-refractivity contribution is -0.130. The van der Waals surface area contributed by atoms with Gasteiger partial charge in [0, 0.05) is 36.6 Å². The van der Waals surface area contributed by atoms with Crippen LogP contribution in [0.2, 0.25) is 0 Å². The number of hydrogen-bond donors (Lipinski definition) is 0. The van der Waals surface area contributed by atoms with Crippen LogP contribution >= 0.6 is 0 Å². The minimum atomic E-state index is 0.125. The maximum absolute atomic E-state index is 13.5. The molecule has 1 heterocycles. The molecule has 3 heteroatoms. The lowest BCUT2D eigenvalue weighted by Crippen LogP contribution is -2.44. The number of benzene rings is 1. The third-order valence-corrected chi connectivity index (χ3v) is 11.1. The molecule has 3 saturated carbocycles. The van der Waals surface area contributed by atoms with Crippen molar-refractivity contribution in [2.75, 3.05) is 0 Å². The van der Waals surface area contributed by atoms with Gasteiger partial charge in [-0.3, -0.25) is 14.6 Å². The molecule has 5 aliphatic carbocycles. The Labute approximate surface area is 226 Å². The summed E-state index contributed by atoms with van der Waals surface area (Å²) in [7, 11) is 0. The predicted octanol–water partition coefficient (Wildman–Crippen LogP) is 7.74. The van der Waals surface area contributed by atoms with Gasteiger partial charge in [0.15, 0.2) is 5.78 Å². The van der Waals surface area contributed by atoms with Gasteiger partial charge in [0.1, 0.15) is 5.78 Å². The Morgan fingerprint density at radius 1 is 1.03 bits per heavy atom. The van der Waals surface area contributed by atoms with Gasteiger partial charge in [-0.25, -0.2) is 0 Å². The van der Waals surface area contributed by atoms with E-state index in [1.807, 2.05) is 18.3 Å². The molecule has 5 aliphatic rings. The van der Waals surface area contributed by atoms with Gasteiger partial charge in [0.05, 0.1) is 0 Å². The van der Waals surface area contributed by atoms with Crippen LogP contribution in [0.15, 0.2) is 71.6 Å². The van der Waals surface area contributed by atoms with Crippen molar-refractivity contribution in [2.45, 2.75) is 71.6 Å². The Morgan fingerprint density at radius 2 is 1.82 bits per heavy atom. The predicted molar refractivity (Wildman–Crippen MR) is 150 cm³/mol. The fourth-order valence-electron chi connectivity index (χ4n) is 9.22. The molecule has 1 aromatic heterocycles. The van der Waals surface area contributed by atoms with Gasteiger partial charge in [-0.05, 0) is 108 Å². The number of hydrogen-bond acceptors (Lipinski definition) is 3. The van der Waals surface area contributed by atoms with Gasteiger partial charge >= 0.3 is 0 Å². The van der Waals surface area contributed by atoms with Crippen molar-refractivity contribution in [1.29, 1.82) is 0 Å². The van der Waals surface area contributed by atoms with E-state index in [1.54, 1.807) is 11.8 Å². The summed E-state index contributed by atoms with van der Waals surface area (Å²) < 4.78 is 0. The first kappa shape index (κ1) is 24.2. The molecule has 7 rings (SSSR count). The van der Waals surface area contributed by atoms with Crippen LogP contribution in [0, 0.1) is 40.9 Å². The fraction of sp³-hybridized carbons (Fsp3) is 0.514. The van der Waals surface area contributed by atoms with E-state index in [9.17, 15) is 9.59 Å². The van der Waals surface area contributed by atoms with Gasteiger partial charge in [-0.15, -0.1) is 0 Å². The van der Waals surface area contributed by atoms with Crippen LogP contribution in [0.3, 0.4) is 0 Å². The number of allylic oxidation sites excluding steroid dienone is 4. The van der Waals surface area contributed by atoms with Gasteiger partial charge < -0.3 is 0 Å². The highest BCUT2D eigenvalue weighted by Gasteiger charge is 2.60. The molecule has 0 N–H and O–H groups in total. The Hall–Kier alpha value is -2.81. The Bertz CT molecular complexity index is 1350. The molecule has 2 aromatic rings. The third-order valence-electron chi connectivity index (χ3n) is 11.1. The number of nitrogens with zero attached hydrogens (tertiary/aromatic N) is 1. The summed E-state index contributed by atoms with van der Waals surface area (Å²) in [6.45, 7) is 7.15. The number of rotatable bonds is 4. The number of aromatic nitrogens is 1. The van der Waals surface area contributed by atoms with E-state index in [1.165, 1.54) is 23.1 Å². The lowest BCUT2D eigenvalue weighted by atomic mass is 9.53. The van der Waals surface area contributed by atoms with E-state index in [0.717, 1.165) is 43.2 Å². The minimum Gasteiger partial charge on any atom is -0.299 e. The summed E-state index contributed by atoms with van der Waals surface area (Å²) in [4.78, 5) is 30.8. The topological polar surface area (TPSA) is 47.0 Å². The van der Waals surface area contributed by atoms with E-state index in [4.69, 9.17) is 0 Å². The molecular formula is C35H39NO2. The van der Waals surface area contributed by atoms with Gasteiger partial charge in [0.25, 0.3) is 0 Å². The van der Waals surface area contributed by atoms with Crippen LogP contribution < -0.4 is 0 Å². The number of pyridine rings is 1. The number of ketones is 2. The molecule has 0 spiro atoms. The van der Waals surface area contributed by atoms with Crippen molar-refractivity contribution < 1.29 is 9.59 Å². The number of carbonyl (C=O) groups excluding carboxylic acids is 2. The van der Waals surface area contributed by atoms with E-state index in [0.29, 0.717) is 41.8 Å². The van der Waals surface area contributed by atoms with Crippen molar-refractivity contribution >= 4 is 11.6 Å². The second kappa shape index (κ2) is 8.86. The fourth-order valence-corrected chi connectivity index (χ4v) is 9.22. The molecule has 0 saturated heterocycles. The zero-order chi connectivity index (χ0) is 26.2.